The number of rotatable bonds is 3. The van der Waals surface area contributed by atoms with Crippen LogP contribution in [-0.2, 0) is 5.75 Å². The van der Waals surface area contributed by atoms with Gasteiger partial charge in [0, 0.05) is 16.7 Å². The molecule has 0 amide bonds. The zero-order valence-corrected chi connectivity index (χ0v) is 9.68. The molecule has 0 aliphatic carbocycles. The maximum absolute atomic E-state index is 13.3. The summed E-state index contributed by atoms with van der Waals surface area (Å²) < 4.78 is 26.0. The average Bonchev–Trinajstić information content (AvgIpc) is 2.30. The highest BCUT2D eigenvalue weighted by atomic mass is 32.2. The summed E-state index contributed by atoms with van der Waals surface area (Å²) in [6.07, 6.45) is 0. The van der Waals surface area contributed by atoms with Crippen LogP contribution >= 0.6 is 11.8 Å². The minimum atomic E-state index is -0.584. The Labute approximate surface area is 102 Å². The van der Waals surface area contributed by atoms with Gasteiger partial charge < -0.3 is 5.11 Å². The second-order valence-corrected chi connectivity index (χ2v) is 4.51. The molecule has 4 heteroatoms. The summed E-state index contributed by atoms with van der Waals surface area (Å²) in [7, 11) is 0. The van der Waals surface area contributed by atoms with Crippen molar-refractivity contribution < 1.29 is 13.9 Å². The molecule has 1 nitrogen and oxygen atoms in total. The van der Waals surface area contributed by atoms with E-state index in [9.17, 15) is 13.9 Å². The number of hydrogen-bond acceptors (Lipinski definition) is 2. The number of aromatic hydroxyl groups is 1. The SMILES string of the molecule is Oc1ccccc1SCc1ccc(F)cc1F. The largest absolute Gasteiger partial charge is 0.507 e. The zero-order valence-electron chi connectivity index (χ0n) is 8.86. The van der Waals surface area contributed by atoms with E-state index in [1.807, 2.05) is 0 Å². The normalized spacial score (nSPS) is 10.5. The summed E-state index contributed by atoms with van der Waals surface area (Å²) in [4.78, 5) is 0.677. The van der Waals surface area contributed by atoms with Crippen molar-refractivity contribution in [2.75, 3.05) is 0 Å². The van der Waals surface area contributed by atoms with E-state index in [0.717, 1.165) is 6.07 Å². The summed E-state index contributed by atoms with van der Waals surface area (Å²) in [6.45, 7) is 0. The lowest BCUT2D eigenvalue weighted by molar-refractivity contribution is 0.462. The van der Waals surface area contributed by atoms with Crippen molar-refractivity contribution in [3.8, 4) is 5.75 Å². The molecular formula is C13H10F2OS. The van der Waals surface area contributed by atoms with Crippen LogP contribution in [0.15, 0.2) is 47.4 Å². The summed E-state index contributed by atoms with van der Waals surface area (Å²) >= 11 is 1.31. The summed E-state index contributed by atoms with van der Waals surface area (Å²) in [5, 5.41) is 9.53. The van der Waals surface area contributed by atoms with Crippen LogP contribution in [0.1, 0.15) is 5.56 Å². The molecule has 0 saturated heterocycles. The van der Waals surface area contributed by atoms with Gasteiger partial charge in [-0.25, -0.2) is 8.78 Å². The van der Waals surface area contributed by atoms with Gasteiger partial charge in [0.25, 0.3) is 0 Å². The molecule has 0 fully saturated rings. The Morgan fingerprint density at radius 3 is 2.53 bits per heavy atom. The van der Waals surface area contributed by atoms with Gasteiger partial charge in [-0.05, 0) is 23.8 Å². The smallest absolute Gasteiger partial charge is 0.130 e. The first-order chi connectivity index (χ1) is 8.16. The third kappa shape index (κ3) is 2.97. The first-order valence-corrected chi connectivity index (χ1v) is 6.00. The molecule has 17 heavy (non-hydrogen) atoms. The number of thioether (sulfide) groups is 1. The van der Waals surface area contributed by atoms with Crippen LogP contribution in [0.2, 0.25) is 0 Å². The number of benzene rings is 2. The highest BCUT2D eigenvalue weighted by Gasteiger charge is 2.06. The maximum Gasteiger partial charge on any atom is 0.130 e. The number of halogens is 2. The van der Waals surface area contributed by atoms with Crippen molar-refractivity contribution in [1.82, 2.24) is 0 Å². The van der Waals surface area contributed by atoms with Crippen LogP contribution in [-0.4, -0.2) is 5.11 Å². The molecular weight excluding hydrogens is 242 g/mol. The quantitative estimate of drug-likeness (QED) is 0.834. The fourth-order valence-electron chi connectivity index (χ4n) is 1.37. The second-order valence-electron chi connectivity index (χ2n) is 3.49. The first kappa shape index (κ1) is 11.9. The Balaban J connectivity index is 2.10. The highest BCUT2D eigenvalue weighted by molar-refractivity contribution is 7.98. The predicted molar refractivity (Wildman–Crippen MR) is 64.0 cm³/mol. The Morgan fingerprint density at radius 2 is 1.82 bits per heavy atom. The summed E-state index contributed by atoms with van der Waals surface area (Å²) in [5.41, 5.74) is 0.416. The van der Waals surface area contributed by atoms with E-state index in [-0.39, 0.29) is 5.75 Å². The molecule has 0 radical (unpaired) electrons. The molecule has 2 aromatic carbocycles. The van der Waals surface area contributed by atoms with Crippen molar-refractivity contribution in [2.24, 2.45) is 0 Å². The van der Waals surface area contributed by atoms with E-state index in [4.69, 9.17) is 0 Å². The monoisotopic (exact) mass is 252 g/mol. The standard InChI is InChI=1S/C13H10F2OS/c14-10-6-5-9(11(15)7-10)8-17-13-4-2-1-3-12(13)16/h1-7,16H,8H2. The fraction of sp³-hybridized carbons (Fsp3) is 0.0769. The summed E-state index contributed by atoms with van der Waals surface area (Å²) in [5.74, 6) is -0.629. The number of para-hydroxylation sites is 1. The maximum atomic E-state index is 13.3. The Hall–Kier alpha value is -1.55. The molecule has 0 spiro atoms. The first-order valence-electron chi connectivity index (χ1n) is 5.01. The van der Waals surface area contributed by atoms with Crippen LogP contribution < -0.4 is 0 Å². The Bertz CT molecular complexity index is 529. The summed E-state index contributed by atoms with van der Waals surface area (Å²) in [6, 6.07) is 10.3. The average molecular weight is 252 g/mol. The Morgan fingerprint density at radius 1 is 1.06 bits per heavy atom. The lowest BCUT2D eigenvalue weighted by Gasteiger charge is -2.05. The lowest BCUT2D eigenvalue weighted by atomic mass is 10.2. The van der Waals surface area contributed by atoms with Gasteiger partial charge in [0.2, 0.25) is 0 Å². The lowest BCUT2D eigenvalue weighted by Crippen LogP contribution is -1.89. The number of hydrogen-bond donors (Lipinski definition) is 1. The van der Waals surface area contributed by atoms with Gasteiger partial charge in [-0.1, -0.05) is 18.2 Å². The molecule has 0 heterocycles. The molecule has 0 bridgehead atoms. The van der Waals surface area contributed by atoms with Gasteiger partial charge in [-0.3, -0.25) is 0 Å². The highest BCUT2D eigenvalue weighted by Crippen LogP contribution is 2.30. The van der Waals surface area contributed by atoms with Crippen molar-refractivity contribution in [3.63, 3.8) is 0 Å². The van der Waals surface area contributed by atoms with E-state index in [1.54, 1.807) is 24.3 Å². The second kappa shape index (κ2) is 5.19. The third-order valence-corrected chi connectivity index (χ3v) is 3.38. The molecule has 0 aromatic heterocycles. The van der Waals surface area contributed by atoms with Gasteiger partial charge in [-0.15, -0.1) is 11.8 Å². The van der Waals surface area contributed by atoms with Crippen molar-refractivity contribution in [2.45, 2.75) is 10.6 Å². The van der Waals surface area contributed by atoms with Gasteiger partial charge in [-0.2, -0.15) is 0 Å². The van der Waals surface area contributed by atoms with E-state index >= 15 is 0 Å². The molecule has 0 saturated carbocycles. The molecule has 0 atom stereocenters. The van der Waals surface area contributed by atoms with Crippen LogP contribution in [0, 0.1) is 11.6 Å². The Kier molecular flexibility index (Phi) is 3.64. The predicted octanol–water partition coefficient (Wildman–Crippen LogP) is 3.96. The van der Waals surface area contributed by atoms with E-state index < -0.39 is 11.6 Å². The molecule has 2 aromatic rings. The molecule has 0 aliphatic rings. The van der Waals surface area contributed by atoms with Crippen LogP contribution in [0.4, 0.5) is 8.78 Å². The van der Waals surface area contributed by atoms with Gasteiger partial charge in [0.05, 0.1) is 0 Å². The van der Waals surface area contributed by atoms with E-state index in [0.29, 0.717) is 16.2 Å². The molecule has 88 valence electrons. The number of phenols is 1. The minimum Gasteiger partial charge on any atom is -0.507 e. The van der Waals surface area contributed by atoms with Crippen LogP contribution in [0.25, 0.3) is 0 Å². The third-order valence-electron chi connectivity index (χ3n) is 2.26. The molecule has 0 aliphatic heterocycles. The zero-order chi connectivity index (χ0) is 12.3. The topological polar surface area (TPSA) is 20.2 Å². The molecule has 0 unspecified atom stereocenters. The van der Waals surface area contributed by atoms with Crippen molar-refractivity contribution in [1.29, 1.82) is 0 Å². The van der Waals surface area contributed by atoms with Crippen molar-refractivity contribution in [3.05, 3.63) is 59.7 Å². The van der Waals surface area contributed by atoms with Crippen LogP contribution in [0.3, 0.4) is 0 Å². The van der Waals surface area contributed by atoms with Gasteiger partial charge >= 0.3 is 0 Å². The molecule has 2 rings (SSSR count). The van der Waals surface area contributed by atoms with Gasteiger partial charge in [0.1, 0.15) is 17.4 Å². The van der Waals surface area contributed by atoms with E-state index in [1.165, 1.54) is 23.9 Å². The fourth-order valence-corrected chi connectivity index (χ4v) is 2.31. The van der Waals surface area contributed by atoms with Crippen molar-refractivity contribution >= 4 is 11.8 Å². The van der Waals surface area contributed by atoms with E-state index in [2.05, 4.69) is 0 Å². The van der Waals surface area contributed by atoms with Crippen LogP contribution in [0.5, 0.6) is 5.75 Å². The minimum absolute atomic E-state index is 0.167. The molecule has 1 N–H and O–H groups in total. The number of phenolic OH excluding ortho intramolecular Hbond substituents is 1. The van der Waals surface area contributed by atoms with Gasteiger partial charge in [0.15, 0.2) is 0 Å².